The van der Waals surface area contributed by atoms with Crippen LogP contribution in [0.5, 0.6) is 0 Å². The predicted molar refractivity (Wildman–Crippen MR) is 83.7 cm³/mol. The summed E-state index contributed by atoms with van der Waals surface area (Å²) in [5, 5.41) is 19.7. The molecule has 2 N–H and O–H groups in total. The van der Waals surface area contributed by atoms with Gasteiger partial charge < -0.3 is 10.2 Å². The van der Waals surface area contributed by atoms with E-state index in [9.17, 15) is 10.2 Å². The first-order valence-corrected chi connectivity index (χ1v) is 7.90. The maximum atomic E-state index is 10.3. The number of aliphatic hydroxyl groups excluding tert-OH is 2. The molecule has 1 aliphatic heterocycles. The largest absolute Gasteiger partial charge is 0.392 e. The van der Waals surface area contributed by atoms with Crippen LogP contribution in [0.1, 0.15) is 18.6 Å². The van der Waals surface area contributed by atoms with Crippen molar-refractivity contribution in [1.82, 2.24) is 9.80 Å². The van der Waals surface area contributed by atoms with Crippen LogP contribution in [0.3, 0.4) is 0 Å². The minimum Gasteiger partial charge on any atom is -0.392 e. The average Bonchev–Trinajstić information content (AvgIpc) is 2.40. The first kappa shape index (κ1) is 15.9. The molecule has 0 amide bonds. The molecule has 0 aliphatic carbocycles. The highest BCUT2D eigenvalue weighted by atomic mass is 79.9. The first-order chi connectivity index (χ1) is 9.54. The predicted octanol–water partition coefficient (Wildman–Crippen LogP) is 1.48. The zero-order chi connectivity index (χ0) is 14.5. The summed E-state index contributed by atoms with van der Waals surface area (Å²) in [6, 6.07) is 7.84. The summed E-state index contributed by atoms with van der Waals surface area (Å²) in [4.78, 5) is 4.55. The molecule has 2 unspecified atom stereocenters. The molecule has 0 aromatic heterocycles. The van der Waals surface area contributed by atoms with Crippen LogP contribution in [0.25, 0.3) is 0 Å². The Morgan fingerprint density at radius 3 is 2.25 bits per heavy atom. The van der Waals surface area contributed by atoms with E-state index in [1.165, 1.54) is 0 Å². The van der Waals surface area contributed by atoms with Gasteiger partial charge in [0.15, 0.2) is 0 Å². The highest BCUT2D eigenvalue weighted by molar-refractivity contribution is 9.10. The maximum absolute atomic E-state index is 10.3. The lowest BCUT2D eigenvalue weighted by Gasteiger charge is -2.36. The fourth-order valence-electron chi connectivity index (χ4n) is 2.59. The molecule has 20 heavy (non-hydrogen) atoms. The van der Waals surface area contributed by atoms with Crippen LogP contribution < -0.4 is 0 Å². The third kappa shape index (κ3) is 4.82. The molecular formula is C15H23BrN2O2. The highest BCUT2D eigenvalue weighted by Crippen LogP contribution is 2.19. The number of nitrogens with zero attached hydrogens (tertiary/aromatic N) is 2. The van der Waals surface area contributed by atoms with Gasteiger partial charge in [0.05, 0.1) is 12.2 Å². The van der Waals surface area contributed by atoms with E-state index in [0.717, 1.165) is 42.8 Å². The third-order valence-corrected chi connectivity index (χ3v) is 4.15. The molecule has 0 bridgehead atoms. The molecule has 5 heteroatoms. The maximum Gasteiger partial charge on any atom is 0.0917 e. The Morgan fingerprint density at radius 2 is 1.70 bits per heavy atom. The van der Waals surface area contributed by atoms with Crippen molar-refractivity contribution in [2.45, 2.75) is 19.1 Å². The van der Waals surface area contributed by atoms with Gasteiger partial charge in [0.25, 0.3) is 0 Å². The van der Waals surface area contributed by atoms with Gasteiger partial charge in [-0.05, 0) is 24.6 Å². The molecule has 0 radical (unpaired) electrons. The van der Waals surface area contributed by atoms with E-state index in [-0.39, 0.29) is 6.10 Å². The van der Waals surface area contributed by atoms with Crippen molar-refractivity contribution in [2.24, 2.45) is 0 Å². The van der Waals surface area contributed by atoms with Gasteiger partial charge in [0.2, 0.25) is 0 Å². The number of hydrogen-bond acceptors (Lipinski definition) is 4. The van der Waals surface area contributed by atoms with Crippen molar-refractivity contribution in [2.75, 3.05) is 39.3 Å². The molecule has 1 saturated heterocycles. The van der Waals surface area contributed by atoms with Gasteiger partial charge in [-0.25, -0.2) is 0 Å². The second-order valence-electron chi connectivity index (χ2n) is 5.52. The molecule has 2 rings (SSSR count). The molecule has 0 saturated carbocycles. The molecule has 1 aromatic rings. The lowest BCUT2D eigenvalue weighted by molar-refractivity contribution is 0.0526. The normalized spacial score (nSPS) is 20.8. The number of β-amino-alcohol motifs (C(OH)–C–C–N with tert-alkyl or cyclic N) is 2. The fraction of sp³-hybridized carbons (Fsp3) is 0.600. The van der Waals surface area contributed by atoms with Gasteiger partial charge in [0.1, 0.15) is 0 Å². The minimum absolute atomic E-state index is 0.270. The van der Waals surface area contributed by atoms with E-state index >= 15 is 0 Å². The van der Waals surface area contributed by atoms with Crippen LogP contribution in [0, 0.1) is 0 Å². The van der Waals surface area contributed by atoms with Crippen LogP contribution >= 0.6 is 15.9 Å². The van der Waals surface area contributed by atoms with Crippen LogP contribution in [0.2, 0.25) is 0 Å². The first-order valence-electron chi connectivity index (χ1n) is 7.11. The number of halogens is 1. The van der Waals surface area contributed by atoms with Gasteiger partial charge in [0, 0.05) is 43.7 Å². The molecule has 1 heterocycles. The molecule has 4 nitrogen and oxygen atoms in total. The van der Waals surface area contributed by atoms with Crippen LogP contribution in [-0.2, 0) is 0 Å². The molecule has 112 valence electrons. The summed E-state index contributed by atoms with van der Waals surface area (Å²) in [5.74, 6) is 0. The van der Waals surface area contributed by atoms with Crippen molar-refractivity contribution < 1.29 is 10.2 Å². The molecule has 2 atom stereocenters. The van der Waals surface area contributed by atoms with E-state index < -0.39 is 6.10 Å². The van der Waals surface area contributed by atoms with Gasteiger partial charge >= 0.3 is 0 Å². The summed E-state index contributed by atoms with van der Waals surface area (Å²) < 4.78 is 0.996. The Bertz CT molecular complexity index is 420. The topological polar surface area (TPSA) is 46.9 Å². The fourth-order valence-corrected chi connectivity index (χ4v) is 3.01. The van der Waals surface area contributed by atoms with Gasteiger partial charge in [-0.2, -0.15) is 0 Å². The zero-order valence-corrected chi connectivity index (χ0v) is 13.5. The monoisotopic (exact) mass is 342 g/mol. The van der Waals surface area contributed by atoms with E-state index in [1.54, 1.807) is 0 Å². The van der Waals surface area contributed by atoms with Gasteiger partial charge in [-0.3, -0.25) is 9.80 Å². The third-order valence-electron chi connectivity index (χ3n) is 3.65. The Hall–Kier alpha value is -0.460. The molecule has 1 aromatic carbocycles. The highest BCUT2D eigenvalue weighted by Gasteiger charge is 2.20. The van der Waals surface area contributed by atoms with E-state index in [0.29, 0.717) is 6.54 Å². The summed E-state index contributed by atoms with van der Waals surface area (Å²) in [6.07, 6.45) is -0.718. The van der Waals surface area contributed by atoms with Crippen LogP contribution in [-0.4, -0.2) is 65.4 Å². The Balaban J connectivity index is 1.80. The lowest BCUT2D eigenvalue weighted by atomic mass is 10.1. The zero-order valence-electron chi connectivity index (χ0n) is 11.9. The van der Waals surface area contributed by atoms with Crippen molar-refractivity contribution in [3.05, 3.63) is 34.3 Å². The van der Waals surface area contributed by atoms with Crippen LogP contribution in [0.4, 0.5) is 0 Å². The van der Waals surface area contributed by atoms with Crippen molar-refractivity contribution in [3.63, 3.8) is 0 Å². The second-order valence-corrected chi connectivity index (χ2v) is 6.44. The number of rotatable bonds is 5. The number of aliphatic hydroxyl groups is 2. The van der Waals surface area contributed by atoms with Gasteiger partial charge in [-0.15, -0.1) is 0 Å². The number of hydrogen-bond donors (Lipinski definition) is 2. The Labute approximate surface area is 129 Å². The summed E-state index contributed by atoms with van der Waals surface area (Å²) in [6.45, 7) is 7.02. The smallest absolute Gasteiger partial charge is 0.0917 e. The quantitative estimate of drug-likeness (QED) is 0.850. The van der Waals surface area contributed by atoms with Gasteiger partial charge in [-0.1, -0.05) is 28.1 Å². The van der Waals surface area contributed by atoms with Crippen molar-refractivity contribution in [3.8, 4) is 0 Å². The number of piperazine rings is 1. The minimum atomic E-state index is -0.448. The molecule has 1 aliphatic rings. The van der Waals surface area contributed by atoms with E-state index in [1.807, 2.05) is 31.2 Å². The molecular weight excluding hydrogens is 320 g/mol. The second kappa shape index (κ2) is 7.52. The van der Waals surface area contributed by atoms with Crippen LogP contribution in [0.15, 0.2) is 28.7 Å². The SMILES string of the molecule is CC(O)CN1CCN(CC(O)c2cccc(Br)c2)CC1. The van der Waals surface area contributed by atoms with Crippen molar-refractivity contribution in [1.29, 1.82) is 0 Å². The van der Waals surface area contributed by atoms with E-state index in [2.05, 4.69) is 25.7 Å². The summed E-state index contributed by atoms with van der Waals surface area (Å²) in [7, 11) is 0. The molecule has 1 fully saturated rings. The van der Waals surface area contributed by atoms with Crippen molar-refractivity contribution >= 4 is 15.9 Å². The summed E-state index contributed by atoms with van der Waals surface area (Å²) >= 11 is 3.43. The standard InChI is InChI=1S/C15H23BrN2O2/c1-12(19)10-17-5-7-18(8-6-17)11-15(20)13-3-2-4-14(16)9-13/h2-4,9,12,15,19-20H,5-8,10-11H2,1H3. The number of benzene rings is 1. The Morgan fingerprint density at radius 1 is 1.10 bits per heavy atom. The van der Waals surface area contributed by atoms with E-state index in [4.69, 9.17) is 0 Å². The molecule has 0 spiro atoms. The summed E-state index contributed by atoms with van der Waals surface area (Å²) in [5.41, 5.74) is 0.950. The average molecular weight is 343 g/mol. The Kier molecular flexibility index (Phi) is 5.99. The lowest BCUT2D eigenvalue weighted by Crippen LogP contribution is -2.49.